The molecule has 0 unspecified atom stereocenters. The number of carbonyl (C=O) groups excluding carboxylic acids is 1. The van der Waals surface area contributed by atoms with Crippen LogP contribution in [0.1, 0.15) is 82.9 Å². The monoisotopic (exact) mass is 498 g/mol. The highest BCUT2D eigenvalue weighted by atomic mass is 32.2. The van der Waals surface area contributed by atoms with E-state index in [1.165, 1.54) is 6.26 Å². The van der Waals surface area contributed by atoms with Crippen LogP contribution in [0.2, 0.25) is 0 Å². The van der Waals surface area contributed by atoms with Crippen LogP contribution in [0, 0.1) is 10.8 Å². The van der Waals surface area contributed by atoms with Crippen LogP contribution >= 0.6 is 0 Å². The molecule has 1 rings (SSSR count). The molecule has 1 aromatic rings. The SMILES string of the molecule is CCCc1nc(C(=O)NC(N)=NCCCC(C)(C)CC(C)(C)CCNS(C)(=O)=O)c(N)nc1N. The van der Waals surface area contributed by atoms with E-state index in [4.69, 9.17) is 17.2 Å². The predicted molar refractivity (Wildman–Crippen MR) is 138 cm³/mol. The van der Waals surface area contributed by atoms with Crippen molar-refractivity contribution < 1.29 is 13.2 Å². The molecule has 0 aliphatic carbocycles. The lowest BCUT2D eigenvalue weighted by Crippen LogP contribution is -2.38. The van der Waals surface area contributed by atoms with Gasteiger partial charge >= 0.3 is 0 Å². The fourth-order valence-electron chi connectivity index (χ4n) is 4.10. The number of hydrogen-bond donors (Lipinski definition) is 5. The molecule has 8 N–H and O–H groups in total. The summed E-state index contributed by atoms with van der Waals surface area (Å²) in [5, 5.41) is 2.51. The minimum absolute atomic E-state index is 0.00921. The number of aliphatic imine (C=N–C) groups is 1. The van der Waals surface area contributed by atoms with Gasteiger partial charge in [0.25, 0.3) is 5.91 Å². The van der Waals surface area contributed by atoms with Crippen molar-refractivity contribution in [2.45, 2.75) is 73.1 Å². The summed E-state index contributed by atoms with van der Waals surface area (Å²) in [5.41, 5.74) is 18.0. The van der Waals surface area contributed by atoms with Crippen molar-refractivity contribution in [1.29, 1.82) is 0 Å². The average molecular weight is 499 g/mol. The Hall–Kier alpha value is -2.47. The van der Waals surface area contributed by atoms with Crippen molar-refractivity contribution in [1.82, 2.24) is 20.0 Å². The Labute approximate surface area is 203 Å². The lowest BCUT2D eigenvalue weighted by molar-refractivity contribution is 0.0972. The number of nitrogen functional groups attached to an aromatic ring is 2. The summed E-state index contributed by atoms with van der Waals surface area (Å²) in [7, 11) is -3.18. The topological polar surface area (TPSA) is 191 Å². The summed E-state index contributed by atoms with van der Waals surface area (Å²) in [4.78, 5) is 25.0. The van der Waals surface area contributed by atoms with Crippen molar-refractivity contribution in [3.8, 4) is 0 Å². The van der Waals surface area contributed by atoms with E-state index in [1.807, 2.05) is 6.92 Å². The number of nitrogens with one attached hydrogen (secondary N) is 2. The number of aryl methyl sites for hydroxylation is 1. The van der Waals surface area contributed by atoms with Gasteiger partial charge in [0.15, 0.2) is 17.5 Å². The third-order valence-corrected chi connectivity index (χ3v) is 6.11. The Balaban J connectivity index is 2.58. The van der Waals surface area contributed by atoms with Crippen molar-refractivity contribution in [2.24, 2.45) is 21.6 Å². The molecule has 0 aliphatic rings. The fraction of sp³-hybridized carbons (Fsp3) is 0.727. The van der Waals surface area contributed by atoms with E-state index in [9.17, 15) is 13.2 Å². The minimum atomic E-state index is -3.18. The quantitative estimate of drug-likeness (QED) is 0.154. The second-order valence-electron chi connectivity index (χ2n) is 10.3. The largest absolute Gasteiger partial charge is 0.382 e. The van der Waals surface area contributed by atoms with Crippen LogP contribution in [0.4, 0.5) is 11.6 Å². The first kappa shape index (κ1) is 29.6. The fourth-order valence-corrected chi connectivity index (χ4v) is 4.58. The number of aromatic nitrogens is 2. The molecular weight excluding hydrogens is 456 g/mol. The van der Waals surface area contributed by atoms with Crippen molar-refractivity contribution in [3.05, 3.63) is 11.4 Å². The van der Waals surface area contributed by atoms with Gasteiger partial charge in [-0.25, -0.2) is 23.1 Å². The number of nitrogens with zero attached hydrogens (tertiary/aromatic N) is 3. The van der Waals surface area contributed by atoms with Crippen LogP contribution in [-0.4, -0.2) is 49.6 Å². The van der Waals surface area contributed by atoms with Crippen molar-refractivity contribution in [3.63, 3.8) is 0 Å². The third-order valence-electron chi connectivity index (χ3n) is 5.39. The zero-order chi connectivity index (χ0) is 26.2. The molecular formula is C22H42N8O3S. The van der Waals surface area contributed by atoms with Gasteiger partial charge in [-0.1, -0.05) is 41.0 Å². The third kappa shape index (κ3) is 11.1. The standard InChI is InChI=1S/C22H42N8O3S/c1-7-9-15-17(23)29-18(24)16(28-15)19(31)30-20(25)26-12-8-10-21(2,3)14-22(4,5)11-13-27-34(6,32)33/h27H,7-14H2,1-6H3,(H4,23,24,29)(H3,25,26,30,31). The van der Waals surface area contributed by atoms with Crippen LogP contribution in [0.15, 0.2) is 4.99 Å². The van der Waals surface area contributed by atoms with E-state index in [1.54, 1.807) is 0 Å². The van der Waals surface area contributed by atoms with Crippen LogP contribution in [0.5, 0.6) is 0 Å². The molecule has 1 amide bonds. The molecule has 0 aliphatic heterocycles. The summed E-state index contributed by atoms with van der Waals surface area (Å²) in [6.07, 6.45) is 5.92. The first-order valence-electron chi connectivity index (χ1n) is 11.5. The normalized spacial score (nSPS) is 13.2. The zero-order valence-corrected chi connectivity index (χ0v) is 22.2. The molecule has 0 fully saturated rings. The highest BCUT2D eigenvalue weighted by Gasteiger charge is 2.28. The van der Waals surface area contributed by atoms with Crippen LogP contribution < -0.4 is 27.2 Å². The van der Waals surface area contributed by atoms with Crippen molar-refractivity contribution >= 4 is 33.5 Å². The molecule has 0 saturated heterocycles. The van der Waals surface area contributed by atoms with Gasteiger partial charge in [0.05, 0.1) is 11.9 Å². The Morgan fingerprint density at radius 2 is 1.68 bits per heavy atom. The molecule has 194 valence electrons. The number of anilines is 2. The summed E-state index contributed by atoms with van der Waals surface area (Å²) in [6.45, 7) is 11.5. The number of guanidine groups is 1. The maximum absolute atomic E-state index is 12.5. The number of sulfonamides is 1. The van der Waals surface area contributed by atoms with Gasteiger partial charge < -0.3 is 17.2 Å². The maximum atomic E-state index is 12.5. The number of hydrogen-bond acceptors (Lipinski definition) is 8. The number of carbonyl (C=O) groups is 1. The average Bonchev–Trinajstić information content (AvgIpc) is 2.65. The number of nitrogens with two attached hydrogens (primary N) is 3. The smallest absolute Gasteiger partial charge is 0.280 e. The molecule has 0 radical (unpaired) electrons. The van der Waals surface area contributed by atoms with Gasteiger partial charge in [0.2, 0.25) is 10.0 Å². The summed E-state index contributed by atoms with van der Waals surface area (Å²) in [6, 6.07) is 0. The summed E-state index contributed by atoms with van der Waals surface area (Å²) < 4.78 is 25.1. The molecule has 0 bridgehead atoms. The van der Waals surface area contributed by atoms with E-state index >= 15 is 0 Å². The minimum Gasteiger partial charge on any atom is -0.382 e. The van der Waals surface area contributed by atoms with E-state index in [0.29, 0.717) is 25.2 Å². The van der Waals surface area contributed by atoms with Gasteiger partial charge in [-0.3, -0.25) is 15.1 Å². The number of rotatable bonds is 13. The van der Waals surface area contributed by atoms with Crippen LogP contribution in [0.3, 0.4) is 0 Å². The number of amides is 1. The van der Waals surface area contributed by atoms with Gasteiger partial charge in [0.1, 0.15) is 5.82 Å². The highest BCUT2D eigenvalue weighted by molar-refractivity contribution is 7.88. The molecule has 1 heterocycles. The molecule has 1 aromatic heterocycles. The van der Waals surface area contributed by atoms with Crippen LogP contribution in [0.25, 0.3) is 0 Å². The Bertz CT molecular complexity index is 975. The van der Waals surface area contributed by atoms with E-state index in [2.05, 4.69) is 52.7 Å². The molecule has 12 heteroatoms. The van der Waals surface area contributed by atoms with E-state index in [-0.39, 0.29) is 34.1 Å². The Morgan fingerprint density at radius 1 is 1.06 bits per heavy atom. The molecule has 34 heavy (non-hydrogen) atoms. The zero-order valence-electron chi connectivity index (χ0n) is 21.4. The second kappa shape index (κ2) is 12.3. The van der Waals surface area contributed by atoms with Gasteiger partial charge in [-0.05, 0) is 42.9 Å². The van der Waals surface area contributed by atoms with Crippen molar-refractivity contribution in [2.75, 3.05) is 30.8 Å². The molecule has 0 aromatic carbocycles. The molecule has 0 saturated carbocycles. The van der Waals surface area contributed by atoms with Crippen LogP contribution in [-0.2, 0) is 16.4 Å². The first-order valence-corrected chi connectivity index (χ1v) is 13.4. The second-order valence-corrected chi connectivity index (χ2v) is 12.1. The summed E-state index contributed by atoms with van der Waals surface area (Å²) in [5.74, 6) is -0.424. The lowest BCUT2D eigenvalue weighted by atomic mass is 9.71. The maximum Gasteiger partial charge on any atom is 0.280 e. The molecule has 0 atom stereocenters. The van der Waals surface area contributed by atoms with E-state index < -0.39 is 15.9 Å². The molecule has 11 nitrogen and oxygen atoms in total. The van der Waals surface area contributed by atoms with Gasteiger partial charge in [-0.2, -0.15) is 0 Å². The van der Waals surface area contributed by atoms with Gasteiger partial charge in [-0.15, -0.1) is 0 Å². The predicted octanol–water partition coefficient (Wildman–Crippen LogP) is 1.80. The Morgan fingerprint density at radius 3 is 2.26 bits per heavy atom. The van der Waals surface area contributed by atoms with Gasteiger partial charge in [0, 0.05) is 13.1 Å². The van der Waals surface area contributed by atoms with E-state index in [0.717, 1.165) is 32.1 Å². The highest BCUT2D eigenvalue weighted by Crippen LogP contribution is 2.38. The Kier molecular flexibility index (Phi) is 10.7. The summed E-state index contributed by atoms with van der Waals surface area (Å²) >= 11 is 0. The lowest BCUT2D eigenvalue weighted by Gasteiger charge is -2.35. The molecule has 0 spiro atoms. The first-order chi connectivity index (χ1) is 15.6.